The molecule has 0 aliphatic heterocycles. The zero-order chi connectivity index (χ0) is 9.52. The minimum absolute atomic E-state index is 0.710. The first-order chi connectivity index (χ1) is 6.29. The van der Waals surface area contributed by atoms with Crippen molar-refractivity contribution in [3.8, 4) is 0 Å². The first-order valence-corrected chi connectivity index (χ1v) is 4.76. The topological polar surface area (TPSA) is 37.8 Å². The van der Waals surface area contributed by atoms with Gasteiger partial charge in [-0.15, -0.1) is 0 Å². The predicted octanol–water partition coefficient (Wildman–Crippen LogP) is 1.26. The van der Waals surface area contributed by atoms with Crippen molar-refractivity contribution in [1.82, 2.24) is 15.5 Å². The molecule has 1 heterocycles. The Kier molecular flexibility index (Phi) is 4.40. The molecule has 0 spiro atoms. The molecule has 3 nitrogen and oxygen atoms in total. The molecule has 0 unspecified atom stereocenters. The molecule has 0 aliphatic carbocycles. The summed E-state index contributed by atoms with van der Waals surface area (Å²) in [4.78, 5) is 0. The van der Waals surface area contributed by atoms with Crippen molar-refractivity contribution < 1.29 is 0 Å². The van der Waals surface area contributed by atoms with Crippen LogP contribution in [0.3, 0.4) is 0 Å². The number of hydrogen-bond acceptors (Lipinski definition) is 3. The second-order valence-corrected chi connectivity index (χ2v) is 3.56. The highest BCUT2D eigenvalue weighted by Crippen LogP contribution is 1.92. The van der Waals surface area contributed by atoms with E-state index in [1.807, 2.05) is 12.1 Å². The van der Waals surface area contributed by atoms with Gasteiger partial charge in [-0.2, -0.15) is 10.2 Å². The Balaban J connectivity index is 2.13. The van der Waals surface area contributed by atoms with Crippen LogP contribution in [0.1, 0.15) is 19.5 Å². The number of hydrogen-bond donors (Lipinski definition) is 1. The molecule has 0 atom stereocenters. The molecule has 0 saturated carbocycles. The molecule has 72 valence electrons. The summed E-state index contributed by atoms with van der Waals surface area (Å²) in [6, 6.07) is 3.93. The minimum atomic E-state index is 0.710. The van der Waals surface area contributed by atoms with E-state index in [1.165, 1.54) is 0 Å². The SMILES string of the molecule is CC(C)CNCCc1cccnn1. The van der Waals surface area contributed by atoms with E-state index in [4.69, 9.17) is 0 Å². The summed E-state index contributed by atoms with van der Waals surface area (Å²) in [5.41, 5.74) is 1.05. The van der Waals surface area contributed by atoms with Crippen LogP contribution in [0.4, 0.5) is 0 Å². The van der Waals surface area contributed by atoms with E-state index in [2.05, 4.69) is 29.4 Å². The van der Waals surface area contributed by atoms with E-state index in [0.717, 1.165) is 25.2 Å². The number of aromatic nitrogens is 2. The molecule has 13 heavy (non-hydrogen) atoms. The van der Waals surface area contributed by atoms with E-state index in [1.54, 1.807) is 6.20 Å². The summed E-state index contributed by atoms with van der Waals surface area (Å²) in [6.45, 7) is 6.46. The molecule has 0 saturated heterocycles. The van der Waals surface area contributed by atoms with Crippen LogP contribution >= 0.6 is 0 Å². The molecular weight excluding hydrogens is 162 g/mol. The van der Waals surface area contributed by atoms with Crippen LogP contribution in [0.5, 0.6) is 0 Å². The highest BCUT2D eigenvalue weighted by molar-refractivity contribution is 4.99. The maximum absolute atomic E-state index is 4.01. The summed E-state index contributed by atoms with van der Waals surface area (Å²) in [6.07, 6.45) is 2.66. The molecule has 0 fully saturated rings. The van der Waals surface area contributed by atoms with Crippen molar-refractivity contribution in [3.05, 3.63) is 24.0 Å². The van der Waals surface area contributed by atoms with Gasteiger partial charge in [0.1, 0.15) is 0 Å². The van der Waals surface area contributed by atoms with Gasteiger partial charge in [0.2, 0.25) is 0 Å². The van der Waals surface area contributed by atoms with Gasteiger partial charge >= 0.3 is 0 Å². The third-order valence-corrected chi connectivity index (χ3v) is 1.74. The van der Waals surface area contributed by atoms with Gasteiger partial charge in [0.25, 0.3) is 0 Å². The molecule has 0 amide bonds. The molecule has 3 heteroatoms. The highest BCUT2D eigenvalue weighted by atomic mass is 15.1. The number of nitrogens with one attached hydrogen (secondary N) is 1. The lowest BCUT2D eigenvalue weighted by Crippen LogP contribution is -2.22. The zero-order valence-electron chi connectivity index (χ0n) is 8.33. The number of rotatable bonds is 5. The Morgan fingerprint density at radius 1 is 1.46 bits per heavy atom. The van der Waals surface area contributed by atoms with Crippen LogP contribution in [-0.2, 0) is 6.42 Å². The zero-order valence-corrected chi connectivity index (χ0v) is 8.33. The molecule has 1 aromatic rings. The maximum atomic E-state index is 4.01. The summed E-state index contributed by atoms with van der Waals surface area (Å²) in [7, 11) is 0. The fourth-order valence-corrected chi connectivity index (χ4v) is 1.07. The van der Waals surface area contributed by atoms with Crippen LogP contribution in [0.2, 0.25) is 0 Å². The summed E-state index contributed by atoms with van der Waals surface area (Å²) in [5, 5.41) is 11.2. The molecule has 0 aromatic carbocycles. The monoisotopic (exact) mass is 179 g/mol. The van der Waals surface area contributed by atoms with E-state index in [-0.39, 0.29) is 0 Å². The van der Waals surface area contributed by atoms with Crippen LogP contribution in [0, 0.1) is 5.92 Å². The predicted molar refractivity (Wildman–Crippen MR) is 53.4 cm³/mol. The van der Waals surface area contributed by atoms with Gasteiger partial charge in [-0.1, -0.05) is 13.8 Å². The minimum Gasteiger partial charge on any atom is -0.316 e. The molecule has 1 rings (SSSR count). The van der Waals surface area contributed by atoms with Crippen molar-refractivity contribution in [3.63, 3.8) is 0 Å². The van der Waals surface area contributed by atoms with E-state index in [0.29, 0.717) is 5.92 Å². The van der Waals surface area contributed by atoms with Crippen LogP contribution in [0.25, 0.3) is 0 Å². The van der Waals surface area contributed by atoms with Crippen molar-refractivity contribution in [2.45, 2.75) is 20.3 Å². The van der Waals surface area contributed by atoms with Crippen LogP contribution in [0.15, 0.2) is 18.3 Å². The molecule has 1 N–H and O–H groups in total. The standard InChI is InChI=1S/C10H17N3/c1-9(2)8-11-7-5-10-4-3-6-12-13-10/h3-4,6,9,11H,5,7-8H2,1-2H3. The normalized spacial score (nSPS) is 10.7. The summed E-state index contributed by atoms with van der Waals surface area (Å²) >= 11 is 0. The maximum Gasteiger partial charge on any atom is 0.0643 e. The first-order valence-electron chi connectivity index (χ1n) is 4.76. The smallest absolute Gasteiger partial charge is 0.0643 e. The van der Waals surface area contributed by atoms with E-state index >= 15 is 0 Å². The summed E-state index contributed by atoms with van der Waals surface area (Å²) < 4.78 is 0. The Labute approximate surface area is 79.6 Å². The Hall–Kier alpha value is -0.960. The number of nitrogens with zero attached hydrogens (tertiary/aromatic N) is 2. The average molecular weight is 179 g/mol. The lowest BCUT2D eigenvalue weighted by molar-refractivity contribution is 0.551. The Morgan fingerprint density at radius 3 is 2.92 bits per heavy atom. The van der Waals surface area contributed by atoms with Gasteiger partial charge in [0.05, 0.1) is 5.69 Å². The molecule has 0 radical (unpaired) electrons. The van der Waals surface area contributed by atoms with E-state index < -0.39 is 0 Å². The van der Waals surface area contributed by atoms with Crippen molar-refractivity contribution >= 4 is 0 Å². The second-order valence-electron chi connectivity index (χ2n) is 3.56. The second kappa shape index (κ2) is 5.65. The van der Waals surface area contributed by atoms with Gasteiger partial charge in [-0.3, -0.25) is 0 Å². The van der Waals surface area contributed by atoms with Crippen molar-refractivity contribution in [2.24, 2.45) is 5.92 Å². The summed E-state index contributed by atoms with van der Waals surface area (Å²) in [5.74, 6) is 0.710. The Morgan fingerprint density at radius 2 is 2.31 bits per heavy atom. The Bertz CT molecular complexity index is 221. The quantitative estimate of drug-likeness (QED) is 0.692. The molecule has 1 aromatic heterocycles. The van der Waals surface area contributed by atoms with Gasteiger partial charge in [0, 0.05) is 19.2 Å². The molecule has 0 aliphatic rings. The fourth-order valence-electron chi connectivity index (χ4n) is 1.07. The molecular formula is C10H17N3. The van der Waals surface area contributed by atoms with Gasteiger partial charge in [-0.25, -0.2) is 0 Å². The lowest BCUT2D eigenvalue weighted by Gasteiger charge is -2.05. The fraction of sp³-hybridized carbons (Fsp3) is 0.600. The third-order valence-electron chi connectivity index (χ3n) is 1.74. The highest BCUT2D eigenvalue weighted by Gasteiger charge is 1.95. The average Bonchev–Trinajstić information content (AvgIpc) is 2.14. The largest absolute Gasteiger partial charge is 0.316 e. The van der Waals surface area contributed by atoms with Crippen LogP contribution < -0.4 is 5.32 Å². The van der Waals surface area contributed by atoms with Gasteiger partial charge in [-0.05, 0) is 24.6 Å². The van der Waals surface area contributed by atoms with E-state index in [9.17, 15) is 0 Å². The van der Waals surface area contributed by atoms with Crippen LogP contribution in [-0.4, -0.2) is 23.3 Å². The first kappa shape index (κ1) is 10.1. The van der Waals surface area contributed by atoms with Gasteiger partial charge < -0.3 is 5.32 Å². The molecule has 0 bridgehead atoms. The van der Waals surface area contributed by atoms with Crippen molar-refractivity contribution in [1.29, 1.82) is 0 Å². The van der Waals surface area contributed by atoms with Gasteiger partial charge in [0.15, 0.2) is 0 Å². The van der Waals surface area contributed by atoms with Crippen molar-refractivity contribution in [2.75, 3.05) is 13.1 Å². The lowest BCUT2D eigenvalue weighted by atomic mass is 10.2. The third kappa shape index (κ3) is 4.58.